The molecule has 0 saturated carbocycles. The molecule has 0 unspecified atom stereocenters. The summed E-state index contributed by atoms with van der Waals surface area (Å²) in [5, 5.41) is 0. The summed E-state index contributed by atoms with van der Waals surface area (Å²) in [6.07, 6.45) is 5.71. The van der Waals surface area contributed by atoms with Crippen LogP contribution >= 0.6 is 0 Å². The first-order valence-electron chi connectivity index (χ1n) is 6.38. The van der Waals surface area contributed by atoms with E-state index >= 15 is 0 Å². The lowest BCUT2D eigenvalue weighted by Crippen LogP contribution is -2.08. The van der Waals surface area contributed by atoms with Crippen LogP contribution in [0.1, 0.15) is 52.9 Å². The van der Waals surface area contributed by atoms with Crippen LogP contribution in [0.2, 0.25) is 0 Å². The lowest BCUT2D eigenvalue weighted by molar-refractivity contribution is 0.409. The van der Waals surface area contributed by atoms with E-state index in [-0.39, 0.29) is 5.41 Å². The van der Waals surface area contributed by atoms with E-state index in [0.29, 0.717) is 5.41 Å². The van der Waals surface area contributed by atoms with Crippen molar-refractivity contribution in [3.8, 4) is 0 Å². The van der Waals surface area contributed by atoms with Gasteiger partial charge in [-0.25, -0.2) is 0 Å². The molecule has 0 aliphatic carbocycles. The maximum Gasteiger partial charge on any atom is 0.109 e. The predicted octanol–water partition coefficient (Wildman–Crippen LogP) is 4.89. The molecule has 0 saturated heterocycles. The number of hydrogen-bond donors (Lipinski definition) is 1. The molecule has 2 heterocycles. The van der Waals surface area contributed by atoms with Crippen LogP contribution in [0.4, 0.5) is 0 Å². The molecule has 2 aromatic rings. The lowest BCUT2D eigenvalue weighted by atomic mass is 9.89. The molecule has 2 heteroatoms. The third kappa shape index (κ3) is 4.44. The number of rotatable bonds is 0. The maximum absolute atomic E-state index is 5.20. The zero-order chi connectivity index (χ0) is 13.8. The van der Waals surface area contributed by atoms with Crippen molar-refractivity contribution in [1.29, 1.82) is 0 Å². The fourth-order valence-corrected chi connectivity index (χ4v) is 1.50. The summed E-state index contributed by atoms with van der Waals surface area (Å²) in [4.78, 5) is 3.04. The van der Waals surface area contributed by atoms with Gasteiger partial charge in [0.1, 0.15) is 5.76 Å². The van der Waals surface area contributed by atoms with Crippen LogP contribution in [-0.4, -0.2) is 4.98 Å². The van der Waals surface area contributed by atoms with Crippen molar-refractivity contribution in [3.05, 3.63) is 48.2 Å². The highest BCUT2D eigenvalue weighted by molar-refractivity contribution is 5.17. The first kappa shape index (κ1) is 14.6. The number of aromatic nitrogens is 1. The second kappa shape index (κ2) is 5.47. The topological polar surface area (TPSA) is 28.9 Å². The van der Waals surface area contributed by atoms with E-state index < -0.39 is 0 Å². The quantitative estimate of drug-likeness (QED) is 0.705. The highest BCUT2D eigenvalue weighted by atomic mass is 16.3. The van der Waals surface area contributed by atoms with Gasteiger partial charge in [-0.05, 0) is 29.2 Å². The standard InChI is InChI=1S/C8H13N.C8H12O/c1-8(2,3)7-4-5-9-6-7;1-8(2,3)7-5-4-6-9-7/h4-6,9H,1-3H3;4-6H,1-3H3. The Bertz CT molecular complexity index is 380. The van der Waals surface area contributed by atoms with E-state index in [1.807, 2.05) is 24.5 Å². The fourth-order valence-electron chi connectivity index (χ4n) is 1.50. The van der Waals surface area contributed by atoms with E-state index in [1.54, 1.807) is 6.26 Å². The first-order chi connectivity index (χ1) is 8.21. The fraction of sp³-hybridized carbons (Fsp3) is 0.500. The molecular formula is C16H25NO. The molecule has 18 heavy (non-hydrogen) atoms. The van der Waals surface area contributed by atoms with Crippen molar-refractivity contribution in [3.63, 3.8) is 0 Å². The Balaban J connectivity index is 0.000000180. The molecule has 0 amide bonds. The van der Waals surface area contributed by atoms with Gasteiger partial charge in [0.2, 0.25) is 0 Å². The number of furan rings is 1. The van der Waals surface area contributed by atoms with Crippen LogP contribution < -0.4 is 0 Å². The van der Waals surface area contributed by atoms with Gasteiger partial charge in [0.15, 0.2) is 0 Å². The Morgan fingerprint density at radius 3 is 1.83 bits per heavy atom. The Hall–Kier alpha value is -1.44. The second-order valence-electron chi connectivity index (χ2n) is 6.58. The number of nitrogens with one attached hydrogen (secondary N) is 1. The van der Waals surface area contributed by atoms with Crippen LogP contribution in [0.15, 0.2) is 41.3 Å². The van der Waals surface area contributed by atoms with Gasteiger partial charge in [0.05, 0.1) is 6.26 Å². The van der Waals surface area contributed by atoms with Crippen LogP contribution in [-0.2, 0) is 10.8 Å². The summed E-state index contributed by atoms with van der Waals surface area (Å²) < 4.78 is 5.20. The lowest BCUT2D eigenvalue weighted by Gasteiger charge is -2.15. The molecule has 0 fully saturated rings. The smallest absolute Gasteiger partial charge is 0.109 e. The normalized spacial score (nSPS) is 11.9. The van der Waals surface area contributed by atoms with Crippen LogP contribution in [0.25, 0.3) is 0 Å². The van der Waals surface area contributed by atoms with Crippen molar-refractivity contribution < 1.29 is 4.42 Å². The maximum atomic E-state index is 5.20. The highest BCUT2D eigenvalue weighted by Crippen LogP contribution is 2.21. The molecule has 0 aliphatic heterocycles. The molecule has 100 valence electrons. The largest absolute Gasteiger partial charge is 0.469 e. The van der Waals surface area contributed by atoms with Crippen molar-refractivity contribution in [2.45, 2.75) is 52.4 Å². The van der Waals surface area contributed by atoms with Crippen LogP contribution in [0.5, 0.6) is 0 Å². The molecule has 0 spiro atoms. The molecule has 2 aromatic heterocycles. The Morgan fingerprint density at radius 2 is 1.61 bits per heavy atom. The average Bonchev–Trinajstić information content (AvgIpc) is 2.91. The van der Waals surface area contributed by atoms with E-state index in [0.717, 1.165) is 5.76 Å². The van der Waals surface area contributed by atoms with E-state index in [1.165, 1.54) is 5.56 Å². The summed E-state index contributed by atoms with van der Waals surface area (Å²) in [6.45, 7) is 13.0. The summed E-state index contributed by atoms with van der Waals surface area (Å²) in [7, 11) is 0. The monoisotopic (exact) mass is 247 g/mol. The number of hydrogen-bond acceptors (Lipinski definition) is 1. The Morgan fingerprint density at radius 1 is 0.944 bits per heavy atom. The molecular weight excluding hydrogens is 222 g/mol. The highest BCUT2D eigenvalue weighted by Gasteiger charge is 2.15. The van der Waals surface area contributed by atoms with E-state index in [9.17, 15) is 0 Å². The zero-order valence-electron chi connectivity index (χ0n) is 12.4. The molecule has 0 radical (unpaired) electrons. The van der Waals surface area contributed by atoms with Crippen molar-refractivity contribution in [2.75, 3.05) is 0 Å². The average molecular weight is 247 g/mol. The third-order valence-corrected chi connectivity index (χ3v) is 2.72. The molecule has 0 aliphatic rings. The summed E-state index contributed by atoms with van der Waals surface area (Å²) in [5.74, 6) is 1.04. The molecule has 0 atom stereocenters. The van der Waals surface area contributed by atoms with Crippen molar-refractivity contribution >= 4 is 0 Å². The SMILES string of the molecule is CC(C)(C)c1cc[nH]c1.CC(C)(C)c1ccco1. The van der Waals surface area contributed by atoms with E-state index in [4.69, 9.17) is 4.42 Å². The van der Waals surface area contributed by atoms with Crippen molar-refractivity contribution in [1.82, 2.24) is 4.98 Å². The van der Waals surface area contributed by atoms with Gasteiger partial charge < -0.3 is 9.40 Å². The molecule has 2 nitrogen and oxygen atoms in total. The van der Waals surface area contributed by atoms with Crippen LogP contribution in [0.3, 0.4) is 0 Å². The van der Waals surface area contributed by atoms with Crippen LogP contribution in [0, 0.1) is 0 Å². The number of H-pyrrole nitrogens is 1. The van der Waals surface area contributed by atoms with Gasteiger partial charge in [0, 0.05) is 17.8 Å². The van der Waals surface area contributed by atoms with Gasteiger partial charge in [-0.15, -0.1) is 0 Å². The van der Waals surface area contributed by atoms with Gasteiger partial charge in [-0.2, -0.15) is 0 Å². The van der Waals surface area contributed by atoms with Gasteiger partial charge in [-0.3, -0.25) is 0 Å². The molecule has 2 rings (SSSR count). The minimum absolute atomic E-state index is 0.156. The Labute approximate surface area is 110 Å². The zero-order valence-corrected chi connectivity index (χ0v) is 12.4. The Kier molecular flexibility index (Phi) is 4.44. The summed E-state index contributed by atoms with van der Waals surface area (Å²) >= 11 is 0. The second-order valence-corrected chi connectivity index (χ2v) is 6.58. The predicted molar refractivity (Wildman–Crippen MR) is 76.9 cm³/mol. The number of aromatic amines is 1. The summed E-state index contributed by atoms with van der Waals surface area (Å²) in [5.41, 5.74) is 1.81. The minimum atomic E-state index is 0.156. The minimum Gasteiger partial charge on any atom is -0.469 e. The molecule has 1 N–H and O–H groups in total. The van der Waals surface area contributed by atoms with Gasteiger partial charge >= 0.3 is 0 Å². The van der Waals surface area contributed by atoms with Crippen molar-refractivity contribution in [2.24, 2.45) is 0 Å². The summed E-state index contributed by atoms with van der Waals surface area (Å²) in [6, 6.07) is 6.03. The van der Waals surface area contributed by atoms with Gasteiger partial charge in [-0.1, -0.05) is 41.5 Å². The van der Waals surface area contributed by atoms with Gasteiger partial charge in [0.25, 0.3) is 0 Å². The molecule has 0 aromatic carbocycles. The first-order valence-corrected chi connectivity index (χ1v) is 6.38. The molecule has 0 bridgehead atoms. The third-order valence-electron chi connectivity index (χ3n) is 2.72. The van der Waals surface area contributed by atoms with E-state index in [2.05, 4.69) is 52.6 Å².